The normalized spacial score (nSPS) is 17.3. The van der Waals surface area contributed by atoms with Crippen molar-refractivity contribution in [2.45, 2.75) is 96.8 Å². The minimum atomic E-state index is 0.109. The minimum absolute atomic E-state index is 0.109. The van der Waals surface area contributed by atoms with Crippen LogP contribution < -0.4 is 5.32 Å². The summed E-state index contributed by atoms with van der Waals surface area (Å²) in [6, 6.07) is 0. The molecule has 1 aliphatic rings. The highest BCUT2D eigenvalue weighted by molar-refractivity contribution is 5.80. The van der Waals surface area contributed by atoms with E-state index in [1.54, 1.807) is 0 Å². The molecule has 0 fully saturated rings. The summed E-state index contributed by atoms with van der Waals surface area (Å²) in [6.45, 7) is 3.13. The van der Waals surface area contributed by atoms with Crippen molar-refractivity contribution in [3.63, 3.8) is 0 Å². The van der Waals surface area contributed by atoms with Crippen molar-refractivity contribution >= 4 is 5.91 Å². The molecule has 0 bridgehead atoms. The van der Waals surface area contributed by atoms with E-state index in [-0.39, 0.29) is 11.8 Å². The van der Waals surface area contributed by atoms with E-state index in [1.807, 2.05) is 0 Å². The van der Waals surface area contributed by atoms with Gasteiger partial charge in [0.1, 0.15) is 0 Å². The van der Waals surface area contributed by atoms with Crippen molar-refractivity contribution < 1.29 is 4.79 Å². The smallest absolute Gasteiger partial charge is 0.223 e. The van der Waals surface area contributed by atoms with Crippen LogP contribution in [0.2, 0.25) is 0 Å². The number of nitrogens with one attached hydrogen (secondary N) is 1. The first-order valence-electron chi connectivity index (χ1n) is 10.1. The fourth-order valence-corrected chi connectivity index (χ4v) is 3.20. The lowest BCUT2D eigenvalue weighted by molar-refractivity contribution is -0.124. The van der Waals surface area contributed by atoms with Gasteiger partial charge in [0.05, 0.1) is 0 Å². The summed E-state index contributed by atoms with van der Waals surface area (Å²) in [6.07, 6.45) is 24.5. The van der Waals surface area contributed by atoms with E-state index in [1.165, 1.54) is 70.6 Å². The zero-order chi connectivity index (χ0) is 16.6. The third-order valence-electron chi connectivity index (χ3n) is 4.78. The lowest BCUT2D eigenvalue weighted by Crippen LogP contribution is -2.32. The topological polar surface area (TPSA) is 29.1 Å². The Morgan fingerprint density at radius 3 is 1.96 bits per heavy atom. The Morgan fingerprint density at radius 1 is 0.870 bits per heavy atom. The molecule has 0 aliphatic heterocycles. The Balaban J connectivity index is 1.77. The molecule has 0 saturated heterocycles. The van der Waals surface area contributed by atoms with E-state index in [2.05, 4.69) is 30.8 Å². The number of rotatable bonds is 14. The fourth-order valence-electron chi connectivity index (χ4n) is 3.20. The van der Waals surface area contributed by atoms with Gasteiger partial charge in [-0.05, 0) is 25.7 Å². The summed E-state index contributed by atoms with van der Waals surface area (Å²) >= 11 is 0. The number of carbonyl (C=O) groups excluding carboxylic acids is 1. The summed E-state index contributed by atoms with van der Waals surface area (Å²) in [4.78, 5) is 11.9. The summed E-state index contributed by atoms with van der Waals surface area (Å²) in [7, 11) is 0. The van der Waals surface area contributed by atoms with Crippen molar-refractivity contribution in [1.29, 1.82) is 0 Å². The average Bonchev–Trinajstić information content (AvgIpc) is 2.59. The van der Waals surface area contributed by atoms with Gasteiger partial charge in [0.15, 0.2) is 0 Å². The molecule has 23 heavy (non-hydrogen) atoms. The molecular weight excluding hydrogens is 282 g/mol. The standard InChI is InChI=1S/C21H38NO/c1-2-3-4-5-6-7-8-9-10-11-12-16-19-22-21(23)20-17-14-13-15-18-20/h13-14,18,20H,2-12,15-17,19H2,1H3,(H,22,23). The molecule has 0 spiro atoms. The maximum Gasteiger partial charge on any atom is 0.223 e. The second-order valence-corrected chi connectivity index (χ2v) is 6.97. The molecule has 0 aromatic carbocycles. The van der Waals surface area contributed by atoms with Crippen LogP contribution in [0.3, 0.4) is 0 Å². The minimum Gasteiger partial charge on any atom is -0.356 e. The average molecular weight is 321 g/mol. The number of allylic oxidation sites excluding steroid dienone is 2. The van der Waals surface area contributed by atoms with Crippen LogP contribution in [0.25, 0.3) is 0 Å². The van der Waals surface area contributed by atoms with Gasteiger partial charge in [-0.2, -0.15) is 0 Å². The molecule has 0 saturated carbocycles. The fraction of sp³-hybridized carbons (Fsp3) is 0.810. The monoisotopic (exact) mass is 320 g/mol. The molecule has 0 aromatic heterocycles. The highest BCUT2D eigenvalue weighted by Crippen LogP contribution is 2.17. The zero-order valence-corrected chi connectivity index (χ0v) is 15.3. The molecule has 1 atom stereocenters. The largest absolute Gasteiger partial charge is 0.356 e. The molecule has 2 nitrogen and oxygen atoms in total. The Hall–Kier alpha value is -0.790. The Labute approximate surface area is 144 Å². The molecule has 0 aromatic rings. The maximum atomic E-state index is 11.9. The highest BCUT2D eigenvalue weighted by atomic mass is 16.1. The highest BCUT2D eigenvalue weighted by Gasteiger charge is 2.17. The van der Waals surface area contributed by atoms with Gasteiger partial charge >= 0.3 is 0 Å². The quantitative estimate of drug-likeness (QED) is 0.310. The Morgan fingerprint density at radius 2 is 1.43 bits per heavy atom. The van der Waals surface area contributed by atoms with Gasteiger partial charge in [-0.15, -0.1) is 0 Å². The van der Waals surface area contributed by atoms with Crippen LogP contribution in [-0.2, 0) is 4.79 Å². The van der Waals surface area contributed by atoms with Crippen molar-refractivity contribution in [2.75, 3.05) is 6.54 Å². The number of hydrogen-bond donors (Lipinski definition) is 1. The van der Waals surface area contributed by atoms with E-state index in [0.717, 1.165) is 25.8 Å². The van der Waals surface area contributed by atoms with Crippen molar-refractivity contribution in [3.05, 3.63) is 18.6 Å². The third-order valence-corrected chi connectivity index (χ3v) is 4.78. The molecule has 1 N–H and O–H groups in total. The van der Waals surface area contributed by atoms with Gasteiger partial charge in [-0.3, -0.25) is 4.79 Å². The first kappa shape index (κ1) is 20.3. The summed E-state index contributed by atoms with van der Waals surface area (Å²) in [5.41, 5.74) is 0. The lowest BCUT2D eigenvalue weighted by atomic mass is 9.93. The van der Waals surface area contributed by atoms with Crippen LogP contribution in [0.15, 0.2) is 12.2 Å². The van der Waals surface area contributed by atoms with Gasteiger partial charge in [0.25, 0.3) is 0 Å². The van der Waals surface area contributed by atoms with E-state index >= 15 is 0 Å². The van der Waals surface area contributed by atoms with Crippen LogP contribution in [0.5, 0.6) is 0 Å². The molecule has 1 aliphatic carbocycles. The number of hydrogen-bond acceptors (Lipinski definition) is 1. The predicted octanol–water partition coefficient (Wildman–Crippen LogP) is 5.97. The van der Waals surface area contributed by atoms with Crippen molar-refractivity contribution in [2.24, 2.45) is 5.92 Å². The third kappa shape index (κ3) is 11.4. The van der Waals surface area contributed by atoms with Crippen LogP contribution in [0.4, 0.5) is 0 Å². The molecule has 0 heterocycles. The first-order valence-corrected chi connectivity index (χ1v) is 10.1. The van der Waals surface area contributed by atoms with E-state index in [0.29, 0.717) is 0 Å². The Bertz CT molecular complexity index is 311. The van der Waals surface area contributed by atoms with Crippen LogP contribution >= 0.6 is 0 Å². The maximum absolute atomic E-state index is 11.9. The Kier molecular flexibility index (Phi) is 13.0. The van der Waals surface area contributed by atoms with Gasteiger partial charge in [-0.1, -0.05) is 89.7 Å². The molecular formula is C21H38NO. The first-order chi connectivity index (χ1) is 11.3. The second kappa shape index (κ2) is 14.8. The van der Waals surface area contributed by atoms with Gasteiger partial charge in [-0.25, -0.2) is 0 Å². The molecule has 1 amide bonds. The van der Waals surface area contributed by atoms with Gasteiger partial charge in [0.2, 0.25) is 5.91 Å². The summed E-state index contributed by atoms with van der Waals surface area (Å²) < 4.78 is 0. The van der Waals surface area contributed by atoms with Crippen molar-refractivity contribution in [1.82, 2.24) is 5.32 Å². The number of carbonyl (C=O) groups is 1. The van der Waals surface area contributed by atoms with Crippen LogP contribution in [0, 0.1) is 12.3 Å². The molecule has 2 heteroatoms. The lowest BCUT2D eigenvalue weighted by Gasteiger charge is -2.16. The van der Waals surface area contributed by atoms with Gasteiger partial charge in [0, 0.05) is 12.5 Å². The van der Waals surface area contributed by atoms with E-state index in [9.17, 15) is 4.79 Å². The van der Waals surface area contributed by atoms with Crippen molar-refractivity contribution in [3.8, 4) is 0 Å². The number of unbranched alkanes of at least 4 members (excludes halogenated alkanes) is 11. The summed E-state index contributed by atoms with van der Waals surface area (Å²) in [5.74, 6) is 0.328. The zero-order valence-electron chi connectivity index (χ0n) is 15.3. The van der Waals surface area contributed by atoms with Gasteiger partial charge < -0.3 is 5.32 Å². The molecule has 1 radical (unpaired) electrons. The van der Waals surface area contributed by atoms with Crippen LogP contribution in [-0.4, -0.2) is 12.5 Å². The molecule has 133 valence electrons. The molecule has 1 unspecified atom stereocenters. The second-order valence-electron chi connectivity index (χ2n) is 6.97. The predicted molar refractivity (Wildman–Crippen MR) is 100 cm³/mol. The number of amides is 1. The van der Waals surface area contributed by atoms with E-state index in [4.69, 9.17) is 0 Å². The van der Waals surface area contributed by atoms with E-state index < -0.39 is 0 Å². The SMILES string of the molecule is CCCCCCCCCCCCCCNC(=O)C1[CH]CC=CC1. The summed E-state index contributed by atoms with van der Waals surface area (Å²) in [5, 5.41) is 3.08. The molecule has 1 rings (SSSR count). The van der Waals surface area contributed by atoms with Crippen LogP contribution in [0.1, 0.15) is 96.8 Å².